The lowest BCUT2D eigenvalue weighted by atomic mass is 10.3. The summed E-state index contributed by atoms with van der Waals surface area (Å²) in [4.78, 5) is 11.6. The summed E-state index contributed by atoms with van der Waals surface area (Å²) in [7, 11) is 0. The lowest BCUT2D eigenvalue weighted by Gasteiger charge is -2.02. The quantitative estimate of drug-likeness (QED) is 0.551. The molecule has 0 aliphatic carbocycles. The van der Waals surface area contributed by atoms with E-state index in [1.165, 1.54) is 11.8 Å². The fourth-order valence-electron chi connectivity index (χ4n) is 1.78. The van der Waals surface area contributed by atoms with Crippen molar-refractivity contribution in [3.63, 3.8) is 0 Å². The highest BCUT2D eigenvalue weighted by atomic mass is 32.2. The molecule has 112 valence electrons. The Balaban J connectivity index is 1.80. The summed E-state index contributed by atoms with van der Waals surface area (Å²) in [6, 6.07) is 7.24. The van der Waals surface area contributed by atoms with Gasteiger partial charge in [0.05, 0.1) is 12.0 Å². The minimum atomic E-state index is -0.0937. The second-order valence-corrected chi connectivity index (χ2v) is 5.27. The van der Waals surface area contributed by atoms with Crippen LogP contribution in [0.25, 0.3) is 17.1 Å². The fraction of sp³-hybridized carbons (Fsp3) is 0.143. The predicted octanol–water partition coefficient (Wildman–Crippen LogP) is 1.78. The number of carbonyl (C=O) groups is 1. The molecule has 0 aliphatic rings. The normalized spacial score (nSPS) is 10.7. The smallest absolute Gasteiger partial charge is 0.230 e. The van der Waals surface area contributed by atoms with Crippen molar-refractivity contribution in [3.8, 4) is 11.5 Å². The van der Waals surface area contributed by atoms with Crippen molar-refractivity contribution in [1.29, 1.82) is 0 Å². The maximum Gasteiger partial charge on any atom is 0.230 e. The molecule has 0 saturated carbocycles. The summed E-state index contributed by atoms with van der Waals surface area (Å²) in [6.07, 6.45) is 3.22. The zero-order valence-electron chi connectivity index (χ0n) is 11.6. The van der Waals surface area contributed by atoms with E-state index in [1.807, 2.05) is 12.1 Å². The van der Waals surface area contributed by atoms with Gasteiger partial charge in [0.15, 0.2) is 11.4 Å². The monoisotopic (exact) mass is 315 g/mol. The predicted molar refractivity (Wildman–Crippen MR) is 82.4 cm³/mol. The van der Waals surface area contributed by atoms with Crippen LogP contribution in [-0.2, 0) is 4.79 Å². The minimum absolute atomic E-state index is 0.0937. The first-order valence-electron chi connectivity index (χ1n) is 6.54. The molecule has 3 aromatic rings. The van der Waals surface area contributed by atoms with Gasteiger partial charge in [-0.15, -0.1) is 16.8 Å². The van der Waals surface area contributed by atoms with Gasteiger partial charge >= 0.3 is 0 Å². The van der Waals surface area contributed by atoms with Gasteiger partial charge in [-0.1, -0.05) is 17.8 Å². The van der Waals surface area contributed by atoms with Gasteiger partial charge in [0.2, 0.25) is 11.1 Å². The molecule has 22 heavy (non-hydrogen) atoms. The number of hydrogen-bond donors (Lipinski definition) is 1. The van der Waals surface area contributed by atoms with Crippen LogP contribution in [0.1, 0.15) is 0 Å². The molecule has 8 heteroatoms. The van der Waals surface area contributed by atoms with Gasteiger partial charge in [0.25, 0.3) is 0 Å². The van der Waals surface area contributed by atoms with E-state index in [9.17, 15) is 4.79 Å². The highest BCUT2D eigenvalue weighted by Gasteiger charge is 2.12. The summed E-state index contributed by atoms with van der Waals surface area (Å²) in [6.45, 7) is 4.00. The molecule has 3 aromatic heterocycles. The molecule has 3 rings (SSSR count). The Morgan fingerprint density at radius 1 is 1.41 bits per heavy atom. The van der Waals surface area contributed by atoms with E-state index in [1.54, 1.807) is 29.0 Å². The molecule has 1 N–H and O–H groups in total. The molecular weight excluding hydrogens is 302 g/mol. The molecule has 0 aromatic carbocycles. The number of hydrogen-bond acceptors (Lipinski definition) is 6. The Hall–Kier alpha value is -2.61. The number of nitrogens with zero attached hydrogens (tertiary/aromatic N) is 4. The molecule has 3 heterocycles. The van der Waals surface area contributed by atoms with Crippen LogP contribution in [-0.4, -0.2) is 38.0 Å². The summed E-state index contributed by atoms with van der Waals surface area (Å²) in [5, 5.41) is 15.8. The highest BCUT2D eigenvalue weighted by molar-refractivity contribution is 7.99. The average molecular weight is 315 g/mol. The second kappa shape index (κ2) is 6.44. The first kappa shape index (κ1) is 14.3. The Bertz CT molecular complexity index is 797. The minimum Gasteiger partial charge on any atom is -0.463 e. The van der Waals surface area contributed by atoms with Crippen LogP contribution in [0.3, 0.4) is 0 Å². The van der Waals surface area contributed by atoms with E-state index in [-0.39, 0.29) is 11.7 Å². The Morgan fingerprint density at radius 3 is 3.09 bits per heavy atom. The van der Waals surface area contributed by atoms with Crippen molar-refractivity contribution in [2.75, 3.05) is 12.3 Å². The summed E-state index contributed by atoms with van der Waals surface area (Å²) < 4.78 is 6.93. The van der Waals surface area contributed by atoms with Gasteiger partial charge < -0.3 is 9.73 Å². The molecule has 0 unspecified atom stereocenters. The summed E-state index contributed by atoms with van der Waals surface area (Å²) in [5.74, 6) is 0.806. The van der Waals surface area contributed by atoms with Crippen molar-refractivity contribution in [2.24, 2.45) is 0 Å². The van der Waals surface area contributed by atoms with E-state index in [0.29, 0.717) is 28.8 Å². The van der Waals surface area contributed by atoms with E-state index >= 15 is 0 Å². The molecule has 0 radical (unpaired) electrons. The lowest BCUT2D eigenvalue weighted by Crippen LogP contribution is -2.25. The molecule has 0 fully saturated rings. The van der Waals surface area contributed by atoms with Crippen molar-refractivity contribution in [2.45, 2.75) is 5.16 Å². The van der Waals surface area contributed by atoms with Crippen LogP contribution in [0.4, 0.5) is 0 Å². The van der Waals surface area contributed by atoms with Crippen LogP contribution in [0, 0.1) is 0 Å². The fourth-order valence-corrected chi connectivity index (χ4v) is 2.50. The molecular formula is C14H13N5O2S. The zero-order chi connectivity index (χ0) is 15.4. The average Bonchev–Trinajstić information content (AvgIpc) is 3.19. The third kappa shape index (κ3) is 3.01. The van der Waals surface area contributed by atoms with Gasteiger partial charge in [-0.25, -0.2) is 0 Å². The van der Waals surface area contributed by atoms with Crippen LogP contribution < -0.4 is 5.32 Å². The Morgan fingerprint density at radius 2 is 2.32 bits per heavy atom. The number of furan rings is 1. The molecule has 7 nitrogen and oxygen atoms in total. The molecule has 0 bridgehead atoms. The SMILES string of the molecule is C=CCNC(=O)CSc1nnc2ccc(-c3ccco3)nn12. The number of rotatable bonds is 6. The Kier molecular flexibility index (Phi) is 4.19. The van der Waals surface area contributed by atoms with Crippen molar-refractivity contribution in [1.82, 2.24) is 25.1 Å². The maximum absolute atomic E-state index is 11.6. The number of amides is 1. The zero-order valence-corrected chi connectivity index (χ0v) is 12.4. The number of carbonyl (C=O) groups excluding carboxylic acids is 1. The number of aromatic nitrogens is 4. The summed E-state index contributed by atoms with van der Waals surface area (Å²) >= 11 is 1.27. The van der Waals surface area contributed by atoms with Gasteiger partial charge in [0.1, 0.15) is 5.69 Å². The second-order valence-electron chi connectivity index (χ2n) is 4.33. The largest absolute Gasteiger partial charge is 0.463 e. The van der Waals surface area contributed by atoms with Crippen molar-refractivity contribution >= 4 is 23.3 Å². The highest BCUT2D eigenvalue weighted by Crippen LogP contribution is 2.20. The van der Waals surface area contributed by atoms with Crippen molar-refractivity contribution in [3.05, 3.63) is 43.2 Å². The van der Waals surface area contributed by atoms with Gasteiger partial charge in [-0.3, -0.25) is 4.79 Å². The molecule has 0 saturated heterocycles. The van der Waals surface area contributed by atoms with Crippen molar-refractivity contribution < 1.29 is 9.21 Å². The van der Waals surface area contributed by atoms with E-state index in [0.717, 1.165) is 0 Å². The van der Waals surface area contributed by atoms with Crippen LogP contribution in [0.5, 0.6) is 0 Å². The molecule has 0 spiro atoms. The Labute approximate surface area is 130 Å². The lowest BCUT2D eigenvalue weighted by molar-refractivity contribution is -0.118. The number of nitrogens with one attached hydrogen (secondary N) is 1. The molecule has 0 atom stereocenters. The molecule has 0 aliphatic heterocycles. The topological polar surface area (TPSA) is 85.3 Å². The third-order valence-corrected chi connectivity index (χ3v) is 3.70. The van der Waals surface area contributed by atoms with E-state index < -0.39 is 0 Å². The standard InChI is InChI=1S/C14H13N5O2S/c1-2-7-15-13(20)9-22-14-17-16-12-6-5-10(18-19(12)14)11-4-3-8-21-11/h2-6,8H,1,7,9H2,(H,15,20). The van der Waals surface area contributed by atoms with Crippen LogP contribution in [0.15, 0.2) is 52.8 Å². The molecule has 1 amide bonds. The van der Waals surface area contributed by atoms with Gasteiger partial charge in [-0.2, -0.15) is 9.61 Å². The van der Waals surface area contributed by atoms with E-state index in [4.69, 9.17) is 4.42 Å². The van der Waals surface area contributed by atoms with Gasteiger partial charge in [0, 0.05) is 6.54 Å². The van der Waals surface area contributed by atoms with Crippen LogP contribution >= 0.6 is 11.8 Å². The summed E-state index contributed by atoms with van der Waals surface area (Å²) in [5.41, 5.74) is 1.29. The van der Waals surface area contributed by atoms with Crippen LogP contribution in [0.2, 0.25) is 0 Å². The number of fused-ring (bicyclic) bond motifs is 1. The maximum atomic E-state index is 11.6. The first-order valence-corrected chi connectivity index (χ1v) is 7.53. The third-order valence-electron chi connectivity index (χ3n) is 2.78. The number of thioether (sulfide) groups is 1. The van der Waals surface area contributed by atoms with E-state index in [2.05, 4.69) is 27.2 Å². The van der Waals surface area contributed by atoms with Gasteiger partial charge in [-0.05, 0) is 24.3 Å². The first-order chi connectivity index (χ1) is 10.8.